The third kappa shape index (κ3) is 7.08. The van der Waals surface area contributed by atoms with Gasteiger partial charge in [0, 0.05) is 19.0 Å². The lowest BCUT2D eigenvalue weighted by molar-refractivity contribution is -0.148. The summed E-state index contributed by atoms with van der Waals surface area (Å²) in [4.78, 5) is 39.3. The van der Waals surface area contributed by atoms with Crippen molar-refractivity contribution in [3.63, 3.8) is 0 Å². The zero-order valence-corrected chi connectivity index (χ0v) is 18.7. The number of nitrogens with zero attached hydrogens (tertiary/aromatic N) is 2. The third-order valence-electron chi connectivity index (χ3n) is 6.06. The third-order valence-corrected chi connectivity index (χ3v) is 6.06. The Bertz CT molecular complexity index is 737. The summed E-state index contributed by atoms with van der Waals surface area (Å²) in [6.07, 6.45) is -2.73. The summed E-state index contributed by atoms with van der Waals surface area (Å²) in [6, 6.07) is -0.863. The Kier molecular flexibility index (Phi) is 8.89. The number of carbonyl (C=O) groups excluding carboxylic acids is 3. The second kappa shape index (κ2) is 11.0. The van der Waals surface area contributed by atoms with Crippen LogP contribution in [0.1, 0.15) is 46.5 Å². The van der Waals surface area contributed by atoms with Crippen LogP contribution in [0.3, 0.4) is 0 Å². The van der Waals surface area contributed by atoms with Crippen molar-refractivity contribution in [1.82, 2.24) is 20.9 Å². The van der Waals surface area contributed by atoms with Crippen LogP contribution in [-0.4, -0.2) is 66.6 Å². The first kappa shape index (κ1) is 25.9. The van der Waals surface area contributed by atoms with Crippen LogP contribution in [0, 0.1) is 29.1 Å². The van der Waals surface area contributed by atoms with Crippen LogP contribution < -0.4 is 16.0 Å². The first-order valence-corrected chi connectivity index (χ1v) is 11.0. The maximum atomic E-state index is 13.2. The fourth-order valence-corrected chi connectivity index (χ4v) is 4.23. The molecule has 0 bridgehead atoms. The normalized spacial score (nSPS) is 25.8. The van der Waals surface area contributed by atoms with E-state index >= 15 is 0 Å². The minimum Gasteiger partial charge on any atom is -0.356 e. The van der Waals surface area contributed by atoms with Crippen molar-refractivity contribution in [1.29, 1.82) is 5.26 Å². The number of alkyl halides is 3. The number of piperidine rings is 1. The molecule has 2 saturated heterocycles. The number of hydrogen-bond acceptors (Lipinski definition) is 5. The molecule has 2 aliphatic heterocycles. The molecule has 0 aromatic carbocycles. The summed E-state index contributed by atoms with van der Waals surface area (Å²) in [7, 11) is 0. The molecule has 0 saturated carbocycles. The molecule has 32 heavy (non-hydrogen) atoms. The minimum absolute atomic E-state index is 0.136. The van der Waals surface area contributed by atoms with Gasteiger partial charge < -0.3 is 15.5 Å². The predicted molar refractivity (Wildman–Crippen MR) is 110 cm³/mol. The summed E-state index contributed by atoms with van der Waals surface area (Å²) < 4.78 is 38.1. The number of rotatable bonds is 8. The summed E-state index contributed by atoms with van der Waals surface area (Å²) in [5.74, 6) is -1.87. The lowest BCUT2D eigenvalue weighted by Gasteiger charge is -2.40. The summed E-state index contributed by atoms with van der Waals surface area (Å²) >= 11 is 0. The van der Waals surface area contributed by atoms with Crippen molar-refractivity contribution in [2.45, 2.75) is 70.8 Å². The van der Waals surface area contributed by atoms with Gasteiger partial charge in [-0.15, -0.1) is 0 Å². The molecule has 2 fully saturated rings. The van der Waals surface area contributed by atoms with E-state index in [0.717, 1.165) is 0 Å². The second-order valence-corrected chi connectivity index (χ2v) is 9.10. The molecule has 8 nitrogen and oxygen atoms in total. The summed E-state index contributed by atoms with van der Waals surface area (Å²) in [6.45, 7) is 4.70. The average Bonchev–Trinajstić information content (AvgIpc) is 3.10. The van der Waals surface area contributed by atoms with Gasteiger partial charge >= 0.3 is 6.18 Å². The van der Waals surface area contributed by atoms with Crippen LogP contribution in [0.25, 0.3) is 0 Å². The summed E-state index contributed by atoms with van der Waals surface area (Å²) in [5.41, 5.74) is 0. The van der Waals surface area contributed by atoms with Gasteiger partial charge in [0.1, 0.15) is 12.1 Å². The van der Waals surface area contributed by atoms with Crippen LogP contribution in [-0.2, 0) is 14.4 Å². The van der Waals surface area contributed by atoms with E-state index in [1.54, 1.807) is 13.8 Å². The maximum absolute atomic E-state index is 13.2. The highest BCUT2D eigenvalue weighted by Crippen LogP contribution is 2.25. The fraction of sp³-hybridized carbons (Fsp3) is 0.810. The molecule has 0 aliphatic carbocycles. The van der Waals surface area contributed by atoms with E-state index < -0.39 is 48.6 Å². The standard InChI is InChI=1S/C21H32F3N5O3/c1-12(2)17(27-11-21(22,23)24)20(32)29-7-5-13(3)8-16(29)19(31)28-15(10-25)9-14-4-6-26-18(14)30/h12-17,27H,4-9,11H2,1-3H3,(H,26,30)(H,28,31)/t13?,14-,15-,16?,17-/m0/s1. The molecule has 3 N–H and O–H groups in total. The molecule has 5 atom stereocenters. The zero-order chi connectivity index (χ0) is 24.1. The van der Waals surface area contributed by atoms with E-state index in [9.17, 15) is 32.8 Å². The van der Waals surface area contributed by atoms with Crippen LogP contribution in [0.5, 0.6) is 0 Å². The molecule has 0 spiro atoms. The highest BCUT2D eigenvalue weighted by molar-refractivity contribution is 5.90. The Hall–Kier alpha value is -2.35. The van der Waals surface area contributed by atoms with Gasteiger partial charge in [-0.3, -0.25) is 19.7 Å². The molecule has 2 aliphatic rings. The predicted octanol–water partition coefficient (Wildman–Crippen LogP) is 1.32. The minimum atomic E-state index is -4.47. The van der Waals surface area contributed by atoms with E-state index in [2.05, 4.69) is 16.0 Å². The van der Waals surface area contributed by atoms with Crippen molar-refractivity contribution in [2.75, 3.05) is 19.6 Å². The number of nitrogens with one attached hydrogen (secondary N) is 3. The molecule has 2 unspecified atom stereocenters. The Morgan fingerprint density at radius 3 is 2.53 bits per heavy atom. The molecule has 0 aromatic heterocycles. The molecule has 2 heterocycles. The Morgan fingerprint density at radius 1 is 1.31 bits per heavy atom. The first-order chi connectivity index (χ1) is 14.9. The highest BCUT2D eigenvalue weighted by Gasteiger charge is 2.40. The van der Waals surface area contributed by atoms with Crippen LogP contribution in [0.4, 0.5) is 13.2 Å². The molecule has 0 aromatic rings. The van der Waals surface area contributed by atoms with Crippen LogP contribution >= 0.6 is 0 Å². The van der Waals surface area contributed by atoms with Crippen LogP contribution in [0.2, 0.25) is 0 Å². The van der Waals surface area contributed by atoms with E-state index in [1.807, 2.05) is 13.0 Å². The molecule has 11 heteroatoms. The van der Waals surface area contributed by atoms with Gasteiger partial charge in [0.25, 0.3) is 0 Å². The van der Waals surface area contributed by atoms with Gasteiger partial charge in [-0.1, -0.05) is 20.8 Å². The highest BCUT2D eigenvalue weighted by atomic mass is 19.4. The van der Waals surface area contributed by atoms with Crippen molar-refractivity contribution in [2.24, 2.45) is 17.8 Å². The van der Waals surface area contributed by atoms with Crippen molar-refractivity contribution < 1.29 is 27.6 Å². The van der Waals surface area contributed by atoms with Crippen molar-refractivity contribution in [3.8, 4) is 6.07 Å². The van der Waals surface area contributed by atoms with Gasteiger partial charge in [-0.25, -0.2) is 0 Å². The first-order valence-electron chi connectivity index (χ1n) is 11.0. The van der Waals surface area contributed by atoms with E-state index in [0.29, 0.717) is 25.8 Å². The van der Waals surface area contributed by atoms with Gasteiger partial charge in [0.15, 0.2) is 0 Å². The van der Waals surface area contributed by atoms with E-state index in [-0.39, 0.29) is 30.7 Å². The number of halogens is 3. The molecule has 3 amide bonds. The van der Waals surface area contributed by atoms with E-state index in [1.165, 1.54) is 4.90 Å². The quantitative estimate of drug-likeness (QED) is 0.507. The second-order valence-electron chi connectivity index (χ2n) is 9.10. The molecular formula is C21H32F3N5O3. The maximum Gasteiger partial charge on any atom is 0.401 e. The Balaban J connectivity index is 2.11. The largest absolute Gasteiger partial charge is 0.401 e. The number of nitriles is 1. The Morgan fingerprint density at radius 2 is 2.00 bits per heavy atom. The lowest BCUT2D eigenvalue weighted by atomic mass is 9.90. The molecule has 0 radical (unpaired) electrons. The van der Waals surface area contributed by atoms with Gasteiger partial charge in [0.05, 0.1) is 18.7 Å². The monoisotopic (exact) mass is 459 g/mol. The molecule has 2 rings (SSSR count). The van der Waals surface area contributed by atoms with Gasteiger partial charge in [-0.2, -0.15) is 18.4 Å². The average molecular weight is 460 g/mol. The van der Waals surface area contributed by atoms with Crippen molar-refractivity contribution in [3.05, 3.63) is 0 Å². The fourth-order valence-electron chi connectivity index (χ4n) is 4.23. The number of likely N-dealkylation sites (tertiary alicyclic amines) is 1. The van der Waals surface area contributed by atoms with E-state index in [4.69, 9.17) is 0 Å². The SMILES string of the molecule is CC1CCN(C(=O)[C@@H](NCC(F)(F)F)C(C)C)C(C(=O)N[C@H](C#N)C[C@@H]2CCNC2=O)C1. The van der Waals surface area contributed by atoms with Crippen LogP contribution in [0.15, 0.2) is 0 Å². The molecular weight excluding hydrogens is 427 g/mol. The van der Waals surface area contributed by atoms with Gasteiger partial charge in [-0.05, 0) is 37.5 Å². The smallest absolute Gasteiger partial charge is 0.356 e. The number of carbonyl (C=O) groups is 3. The Labute approximate surface area is 186 Å². The number of hydrogen-bond donors (Lipinski definition) is 3. The topological polar surface area (TPSA) is 114 Å². The number of amides is 3. The summed E-state index contributed by atoms with van der Waals surface area (Å²) in [5, 5.41) is 17.1. The molecule has 180 valence electrons. The lowest BCUT2D eigenvalue weighted by Crippen LogP contribution is -2.60. The zero-order valence-electron chi connectivity index (χ0n) is 18.7. The van der Waals surface area contributed by atoms with Crippen molar-refractivity contribution >= 4 is 17.7 Å². The van der Waals surface area contributed by atoms with Gasteiger partial charge in [0.2, 0.25) is 17.7 Å².